The minimum absolute atomic E-state index is 0.687. The van der Waals surface area contributed by atoms with Crippen molar-refractivity contribution in [2.75, 3.05) is 0 Å². The van der Waals surface area contributed by atoms with Gasteiger partial charge in [0.25, 0.3) is 0 Å². The zero-order valence-corrected chi connectivity index (χ0v) is 18.3. The van der Waals surface area contributed by atoms with Gasteiger partial charge in [0.1, 0.15) is 22.5 Å². The maximum atomic E-state index is 5.90. The van der Waals surface area contributed by atoms with Crippen LogP contribution in [-0.4, -0.2) is 41.7 Å². The summed E-state index contributed by atoms with van der Waals surface area (Å²) in [5, 5.41) is 2.15. The summed E-state index contributed by atoms with van der Waals surface area (Å²) >= 11 is -1.38. The van der Waals surface area contributed by atoms with Crippen LogP contribution in [0.3, 0.4) is 0 Å². The number of rotatable bonds is 6. The van der Waals surface area contributed by atoms with E-state index in [2.05, 4.69) is 29.0 Å². The van der Waals surface area contributed by atoms with Gasteiger partial charge in [0.05, 0.1) is 0 Å². The molecule has 7 heteroatoms. The highest BCUT2D eigenvalue weighted by Gasteiger charge is 2.12. The molecule has 0 bridgehead atoms. The number of fused-ring (bicyclic) bond motifs is 2. The molecular weight excluding hydrogens is 382 g/mol. The fourth-order valence-electron chi connectivity index (χ4n) is 3.15. The van der Waals surface area contributed by atoms with E-state index < -0.39 is 31.8 Å². The second-order valence-electron chi connectivity index (χ2n) is 6.58. The van der Waals surface area contributed by atoms with Crippen LogP contribution in [0.5, 0.6) is 11.5 Å². The summed E-state index contributed by atoms with van der Waals surface area (Å²) in [6.45, 7) is 6.05. The van der Waals surface area contributed by atoms with Gasteiger partial charge in [-0.2, -0.15) is 0 Å². The predicted octanol–water partition coefficient (Wildman–Crippen LogP) is 4.25. The molecular formula is C21H18Al2N2O3. The van der Waals surface area contributed by atoms with Crippen LogP contribution in [0.25, 0.3) is 21.8 Å². The number of aryl methyl sites for hydroxylation is 3. The van der Waals surface area contributed by atoms with Crippen molar-refractivity contribution in [1.82, 2.24) is 9.97 Å². The van der Waals surface area contributed by atoms with Crippen molar-refractivity contribution in [2.24, 2.45) is 0 Å². The zero-order chi connectivity index (χ0) is 19.5. The molecule has 0 atom stereocenters. The standard InChI is InChI=1S/C11H11NO.C10H9NO.2Al.O/c1-7-6-8(2)12-11-9(7)4-3-5-10(11)13;1-7-5-6-8-3-2-4-9(12)10(8)11-7;;;/h3-6,13H,1-2H3;2-6,12H,1H3;;;/q;;2*+1;/p-2. The van der Waals surface area contributed by atoms with Gasteiger partial charge in [0.15, 0.2) is 0 Å². The Morgan fingerprint density at radius 1 is 0.714 bits per heavy atom. The number of aromatic nitrogens is 2. The Labute approximate surface area is 177 Å². The number of benzene rings is 2. The summed E-state index contributed by atoms with van der Waals surface area (Å²) in [7, 11) is 0. The summed E-state index contributed by atoms with van der Waals surface area (Å²) in [5.74, 6) is 1.50. The molecule has 0 saturated carbocycles. The average Bonchev–Trinajstić information content (AvgIpc) is 2.68. The summed E-state index contributed by atoms with van der Waals surface area (Å²) in [4.78, 5) is 9.20. The summed E-state index contributed by atoms with van der Waals surface area (Å²) in [5.41, 5.74) is 4.86. The van der Waals surface area contributed by atoms with E-state index >= 15 is 0 Å². The van der Waals surface area contributed by atoms with Crippen LogP contribution in [0.4, 0.5) is 0 Å². The van der Waals surface area contributed by atoms with Crippen molar-refractivity contribution in [3.63, 3.8) is 0 Å². The monoisotopic (exact) mass is 400 g/mol. The lowest BCUT2D eigenvalue weighted by molar-refractivity contribution is 0.420. The average molecular weight is 400 g/mol. The Kier molecular flexibility index (Phi) is 5.83. The lowest BCUT2D eigenvalue weighted by Gasteiger charge is -2.12. The molecule has 0 amide bonds. The highest BCUT2D eigenvalue weighted by atomic mass is 27.3. The third-order valence-electron chi connectivity index (χ3n) is 4.42. The van der Waals surface area contributed by atoms with Crippen molar-refractivity contribution >= 4 is 53.6 Å². The second kappa shape index (κ2) is 8.49. The second-order valence-corrected chi connectivity index (χ2v) is 8.52. The van der Waals surface area contributed by atoms with Gasteiger partial charge in [-0.25, -0.2) is 9.97 Å². The summed E-state index contributed by atoms with van der Waals surface area (Å²) in [6.07, 6.45) is 0. The largest absolute Gasteiger partial charge is 0.743 e. The highest BCUT2D eigenvalue weighted by Crippen LogP contribution is 2.27. The maximum Gasteiger partial charge on any atom is 0.743 e. The van der Waals surface area contributed by atoms with Crippen molar-refractivity contribution < 1.29 is 10.4 Å². The van der Waals surface area contributed by atoms with Crippen LogP contribution >= 0.6 is 0 Å². The molecule has 0 unspecified atom stereocenters. The van der Waals surface area contributed by atoms with Crippen molar-refractivity contribution in [3.05, 3.63) is 71.5 Å². The van der Waals surface area contributed by atoms with Crippen LogP contribution in [-0.2, 0) is 2.84 Å². The lowest BCUT2D eigenvalue weighted by Crippen LogP contribution is -2.16. The molecule has 2 radical (unpaired) electrons. The van der Waals surface area contributed by atoms with E-state index in [1.165, 1.54) is 5.56 Å². The van der Waals surface area contributed by atoms with Gasteiger partial charge in [0, 0.05) is 22.2 Å². The molecule has 0 aliphatic rings. The number of nitrogens with zero attached hydrogens (tertiary/aromatic N) is 2. The fourth-order valence-corrected chi connectivity index (χ4v) is 4.36. The van der Waals surface area contributed by atoms with Crippen LogP contribution in [0.2, 0.25) is 0 Å². The van der Waals surface area contributed by atoms with Crippen LogP contribution in [0.1, 0.15) is 17.0 Å². The molecule has 2 heterocycles. The Bertz CT molecular complexity index is 1150. The smallest absolute Gasteiger partial charge is 0.626 e. The molecule has 0 N–H and O–H groups in total. The molecule has 0 spiro atoms. The minimum atomic E-state index is -0.689. The molecule has 0 fully saturated rings. The quantitative estimate of drug-likeness (QED) is 0.358. The summed E-state index contributed by atoms with van der Waals surface area (Å²) in [6, 6.07) is 18.0. The lowest BCUT2D eigenvalue weighted by atomic mass is 10.1. The van der Waals surface area contributed by atoms with E-state index in [1.807, 2.05) is 56.3 Å². The number of hydrogen-bond acceptors (Lipinski definition) is 5. The molecule has 0 aliphatic carbocycles. The van der Waals surface area contributed by atoms with Gasteiger partial charge in [-0.05, 0) is 50.6 Å². The normalized spacial score (nSPS) is 10.8. The number of pyridine rings is 2. The molecule has 2 aromatic heterocycles. The van der Waals surface area contributed by atoms with E-state index in [4.69, 9.17) is 10.4 Å². The third-order valence-corrected chi connectivity index (χ3v) is 6.01. The number of hydrogen-bond donors (Lipinski definition) is 0. The van der Waals surface area contributed by atoms with E-state index in [0.29, 0.717) is 0 Å². The van der Waals surface area contributed by atoms with E-state index in [0.717, 1.165) is 44.7 Å². The van der Waals surface area contributed by atoms with E-state index in [-0.39, 0.29) is 0 Å². The molecule has 136 valence electrons. The van der Waals surface area contributed by atoms with Crippen LogP contribution < -0.4 is 7.58 Å². The Morgan fingerprint density at radius 2 is 1.39 bits per heavy atom. The third kappa shape index (κ3) is 4.15. The molecule has 0 aliphatic heterocycles. The first-order valence-corrected chi connectivity index (χ1v) is 10.9. The van der Waals surface area contributed by atoms with E-state index in [9.17, 15) is 0 Å². The Hall–Kier alpha value is -2.12. The zero-order valence-electron chi connectivity index (χ0n) is 16.0. The summed E-state index contributed by atoms with van der Waals surface area (Å²) < 4.78 is 17.5. The molecule has 2 aromatic carbocycles. The fraction of sp³-hybridized carbons (Fsp3) is 0.143. The van der Waals surface area contributed by atoms with Gasteiger partial charge in [-0.3, -0.25) is 0 Å². The molecule has 5 nitrogen and oxygen atoms in total. The first kappa shape index (κ1) is 19.2. The van der Waals surface area contributed by atoms with Crippen molar-refractivity contribution in [2.45, 2.75) is 20.8 Å². The minimum Gasteiger partial charge on any atom is -0.626 e. The van der Waals surface area contributed by atoms with Crippen LogP contribution in [0, 0.1) is 20.8 Å². The first-order chi connectivity index (χ1) is 13.6. The van der Waals surface area contributed by atoms with Gasteiger partial charge in [0.2, 0.25) is 0 Å². The van der Waals surface area contributed by atoms with Gasteiger partial charge >= 0.3 is 31.8 Å². The predicted molar refractivity (Wildman–Crippen MR) is 112 cm³/mol. The van der Waals surface area contributed by atoms with Crippen molar-refractivity contribution in [1.29, 1.82) is 0 Å². The van der Waals surface area contributed by atoms with Gasteiger partial charge < -0.3 is 10.4 Å². The topological polar surface area (TPSA) is 53.5 Å². The van der Waals surface area contributed by atoms with E-state index in [1.54, 1.807) is 0 Å². The maximum absolute atomic E-state index is 5.90. The molecule has 0 saturated heterocycles. The molecule has 28 heavy (non-hydrogen) atoms. The van der Waals surface area contributed by atoms with Gasteiger partial charge in [-0.15, -0.1) is 0 Å². The van der Waals surface area contributed by atoms with Crippen LogP contribution in [0.15, 0.2) is 54.6 Å². The number of para-hydroxylation sites is 2. The SMILES string of the molecule is Cc1ccc2cccc([O][Al][O][Al][O]c3cccc4c(C)cc(C)nc34)c2n1. The van der Waals surface area contributed by atoms with Crippen molar-refractivity contribution in [3.8, 4) is 11.5 Å². The molecule has 4 rings (SSSR count). The molecule has 4 aromatic rings. The Morgan fingerprint density at radius 3 is 2.18 bits per heavy atom. The van der Waals surface area contributed by atoms with Gasteiger partial charge in [-0.1, -0.05) is 30.3 Å². The highest BCUT2D eigenvalue weighted by molar-refractivity contribution is 6.35. The first-order valence-electron chi connectivity index (χ1n) is 8.97. The Balaban J connectivity index is 1.40.